The Labute approximate surface area is 119 Å². The fraction of sp³-hybridized carbons (Fsp3) is 0.533. The first-order chi connectivity index (χ1) is 9.23. The lowest BCUT2D eigenvalue weighted by Gasteiger charge is -2.32. The van der Waals surface area contributed by atoms with Crippen LogP contribution in [0.3, 0.4) is 0 Å². The van der Waals surface area contributed by atoms with Crippen molar-refractivity contribution in [3.63, 3.8) is 0 Å². The van der Waals surface area contributed by atoms with Crippen LogP contribution in [0.5, 0.6) is 0 Å². The minimum atomic E-state index is -0.402. The topological polar surface area (TPSA) is 44.8 Å². The highest BCUT2D eigenvalue weighted by atomic mass is 16.7. The van der Waals surface area contributed by atoms with E-state index in [9.17, 15) is 4.79 Å². The molecular formula is C15H19BO4. The summed E-state index contributed by atoms with van der Waals surface area (Å²) in [5, 5.41) is 0. The van der Waals surface area contributed by atoms with Crippen LogP contribution in [0.4, 0.5) is 0 Å². The molecule has 1 saturated heterocycles. The van der Waals surface area contributed by atoms with Crippen LogP contribution in [0.1, 0.15) is 49.2 Å². The third kappa shape index (κ3) is 1.80. The number of rotatable bonds is 1. The Morgan fingerprint density at radius 2 is 1.70 bits per heavy atom. The first kappa shape index (κ1) is 13.6. The van der Waals surface area contributed by atoms with Gasteiger partial charge in [0.15, 0.2) is 0 Å². The predicted octanol–water partition coefficient (Wildman–Crippen LogP) is 1.96. The van der Waals surface area contributed by atoms with Crippen molar-refractivity contribution >= 4 is 18.6 Å². The molecule has 0 spiro atoms. The van der Waals surface area contributed by atoms with E-state index in [-0.39, 0.29) is 17.2 Å². The highest BCUT2D eigenvalue weighted by Crippen LogP contribution is 2.37. The Balaban J connectivity index is 2.00. The lowest BCUT2D eigenvalue weighted by molar-refractivity contribution is 0.00578. The summed E-state index contributed by atoms with van der Waals surface area (Å²) in [5.41, 5.74) is 2.86. The van der Waals surface area contributed by atoms with Gasteiger partial charge in [-0.25, -0.2) is 4.79 Å². The van der Waals surface area contributed by atoms with Crippen molar-refractivity contribution in [1.82, 2.24) is 0 Å². The highest BCUT2D eigenvalue weighted by Gasteiger charge is 2.52. The number of carbonyl (C=O) groups is 1. The van der Waals surface area contributed by atoms with E-state index in [0.717, 1.165) is 16.6 Å². The molecule has 2 aliphatic heterocycles. The predicted molar refractivity (Wildman–Crippen MR) is 76.0 cm³/mol. The molecule has 0 saturated carbocycles. The van der Waals surface area contributed by atoms with Gasteiger partial charge < -0.3 is 14.0 Å². The van der Waals surface area contributed by atoms with Gasteiger partial charge in [0, 0.05) is 5.56 Å². The Morgan fingerprint density at radius 3 is 2.30 bits per heavy atom. The van der Waals surface area contributed by atoms with Crippen molar-refractivity contribution in [3.8, 4) is 0 Å². The first-order valence-electron chi connectivity index (χ1n) is 6.88. The molecule has 2 aliphatic rings. The number of benzene rings is 1. The van der Waals surface area contributed by atoms with E-state index in [0.29, 0.717) is 12.2 Å². The zero-order valence-electron chi connectivity index (χ0n) is 12.6. The van der Waals surface area contributed by atoms with E-state index in [4.69, 9.17) is 14.0 Å². The number of ether oxygens (including phenoxy) is 1. The van der Waals surface area contributed by atoms with Crippen LogP contribution in [0, 0.1) is 6.92 Å². The average Bonchev–Trinajstić information content (AvgIpc) is 2.79. The molecule has 1 fully saturated rings. The van der Waals surface area contributed by atoms with Gasteiger partial charge in [-0.1, -0.05) is 6.07 Å². The molecular weight excluding hydrogens is 255 g/mol. The molecule has 0 N–H and O–H groups in total. The van der Waals surface area contributed by atoms with E-state index in [1.165, 1.54) is 0 Å². The molecule has 20 heavy (non-hydrogen) atoms. The minimum absolute atomic E-state index is 0.247. The van der Waals surface area contributed by atoms with E-state index < -0.39 is 7.12 Å². The molecule has 0 unspecified atom stereocenters. The Hall–Kier alpha value is -1.33. The second kappa shape index (κ2) is 4.09. The van der Waals surface area contributed by atoms with E-state index in [1.807, 2.05) is 40.7 Å². The monoisotopic (exact) mass is 274 g/mol. The lowest BCUT2D eigenvalue weighted by atomic mass is 9.74. The number of hydrogen-bond donors (Lipinski definition) is 0. The van der Waals surface area contributed by atoms with Gasteiger partial charge in [-0.3, -0.25) is 0 Å². The van der Waals surface area contributed by atoms with Crippen LogP contribution < -0.4 is 5.46 Å². The maximum atomic E-state index is 11.6. The summed E-state index contributed by atoms with van der Waals surface area (Å²) in [7, 11) is -0.402. The molecule has 0 bridgehead atoms. The van der Waals surface area contributed by atoms with Crippen LogP contribution >= 0.6 is 0 Å². The van der Waals surface area contributed by atoms with Gasteiger partial charge in [0.25, 0.3) is 0 Å². The molecule has 0 radical (unpaired) electrons. The van der Waals surface area contributed by atoms with Gasteiger partial charge in [0.05, 0.1) is 16.8 Å². The van der Waals surface area contributed by atoms with Crippen molar-refractivity contribution < 1.29 is 18.8 Å². The fourth-order valence-corrected chi connectivity index (χ4v) is 2.59. The zero-order valence-corrected chi connectivity index (χ0v) is 12.6. The number of esters is 1. The third-order valence-electron chi connectivity index (χ3n) is 4.72. The van der Waals surface area contributed by atoms with E-state index in [2.05, 4.69) is 0 Å². The second-order valence-electron chi connectivity index (χ2n) is 6.47. The summed E-state index contributed by atoms with van der Waals surface area (Å²) in [5.74, 6) is -0.247. The van der Waals surface area contributed by atoms with Crippen LogP contribution in [0.25, 0.3) is 0 Å². The Bertz CT molecular complexity index is 576. The molecule has 1 aromatic carbocycles. The van der Waals surface area contributed by atoms with Crippen LogP contribution in [0.15, 0.2) is 12.1 Å². The van der Waals surface area contributed by atoms with E-state index in [1.54, 1.807) is 6.07 Å². The number of carbonyl (C=O) groups excluding carboxylic acids is 1. The summed E-state index contributed by atoms with van der Waals surface area (Å²) in [6, 6.07) is 3.71. The van der Waals surface area contributed by atoms with Gasteiger partial charge >= 0.3 is 13.1 Å². The molecule has 3 rings (SSSR count). The molecule has 1 aromatic rings. The molecule has 0 atom stereocenters. The standard InChI is InChI=1S/C15H19BO4/c1-9-11-8-18-13(17)10(11)6-7-12(9)16-19-14(2,3)15(4,5)20-16/h6-7H,8H2,1-5H3. The molecule has 106 valence electrons. The van der Waals surface area contributed by atoms with Gasteiger partial charge in [-0.05, 0) is 51.7 Å². The first-order valence-corrected chi connectivity index (χ1v) is 6.88. The summed E-state index contributed by atoms with van der Waals surface area (Å²) in [6.45, 7) is 10.4. The minimum Gasteiger partial charge on any atom is -0.457 e. The molecule has 4 nitrogen and oxygen atoms in total. The number of fused-ring (bicyclic) bond motifs is 1. The summed E-state index contributed by atoms with van der Waals surface area (Å²) < 4.78 is 17.2. The van der Waals surface area contributed by atoms with Crippen molar-refractivity contribution in [1.29, 1.82) is 0 Å². The fourth-order valence-electron chi connectivity index (χ4n) is 2.59. The van der Waals surface area contributed by atoms with Gasteiger partial charge in [-0.2, -0.15) is 0 Å². The lowest BCUT2D eigenvalue weighted by Crippen LogP contribution is -2.41. The Kier molecular flexibility index (Phi) is 2.79. The van der Waals surface area contributed by atoms with Crippen molar-refractivity contribution in [2.75, 3.05) is 0 Å². The third-order valence-corrected chi connectivity index (χ3v) is 4.72. The summed E-state index contributed by atoms with van der Waals surface area (Å²) in [6.07, 6.45) is 0. The number of hydrogen-bond acceptors (Lipinski definition) is 4. The molecule has 0 amide bonds. The largest absolute Gasteiger partial charge is 0.495 e. The van der Waals surface area contributed by atoms with Gasteiger partial charge in [0.1, 0.15) is 6.61 Å². The second-order valence-corrected chi connectivity index (χ2v) is 6.47. The van der Waals surface area contributed by atoms with E-state index >= 15 is 0 Å². The maximum absolute atomic E-state index is 11.6. The number of cyclic esters (lactones) is 1. The summed E-state index contributed by atoms with van der Waals surface area (Å²) >= 11 is 0. The molecule has 5 heteroatoms. The van der Waals surface area contributed by atoms with Crippen molar-refractivity contribution in [3.05, 3.63) is 28.8 Å². The highest BCUT2D eigenvalue weighted by molar-refractivity contribution is 6.62. The van der Waals surface area contributed by atoms with Crippen LogP contribution in [0.2, 0.25) is 0 Å². The van der Waals surface area contributed by atoms with Gasteiger partial charge in [0.2, 0.25) is 0 Å². The van der Waals surface area contributed by atoms with Crippen molar-refractivity contribution in [2.24, 2.45) is 0 Å². The molecule has 0 aromatic heterocycles. The quantitative estimate of drug-likeness (QED) is 0.580. The van der Waals surface area contributed by atoms with Crippen LogP contribution in [-0.4, -0.2) is 24.3 Å². The molecule has 0 aliphatic carbocycles. The Morgan fingerprint density at radius 1 is 1.10 bits per heavy atom. The maximum Gasteiger partial charge on any atom is 0.495 e. The average molecular weight is 274 g/mol. The summed E-state index contributed by atoms with van der Waals surface area (Å²) in [4.78, 5) is 11.6. The van der Waals surface area contributed by atoms with Crippen molar-refractivity contribution in [2.45, 2.75) is 52.4 Å². The zero-order chi connectivity index (χ0) is 14.7. The smallest absolute Gasteiger partial charge is 0.457 e. The normalized spacial score (nSPS) is 22.9. The van der Waals surface area contributed by atoms with Crippen LogP contribution in [-0.2, 0) is 20.7 Å². The van der Waals surface area contributed by atoms with Gasteiger partial charge in [-0.15, -0.1) is 0 Å². The SMILES string of the molecule is Cc1c(B2OC(C)(C)C(C)(C)O2)ccc2c1COC2=O. The molecule has 2 heterocycles.